The molecule has 0 aliphatic rings. The number of hydrogen-bond donors (Lipinski definition) is 1. The smallest absolute Gasteiger partial charge is 0.222 e. The fraction of sp³-hybridized carbons (Fsp3) is 0.600. The van der Waals surface area contributed by atoms with E-state index < -0.39 is 0 Å². The molecular weight excluding hydrogens is 300 g/mol. The molecule has 0 spiro atoms. The Hall–Kier alpha value is -1.84. The third-order valence-electron chi connectivity index (χ3n) is 4.51. The van der Waals surface area contributed by atoms with Crippen LogP contribution in [0.15, 0.2) is 24.3 Å². The summed E-state index contributed by atoms with van der Waals surface area (Å²) in [6.07, 6.45) is 1.44. The molecule has 0 unspecified atom stereocenters. The summed E-state index contributed by atoms with van der Waals surface area (Å²) in [5, 5.41) is 3.02. The normalized spacial score (nSPS) is 11.2. The number of benzene rings is 1. The van der Waals surface area contributed by atoms with Crippen LogP contribution in [0.4, 0.5) is 0 Å². The van der Waals surface area contributed by atoms with E-state index in [4.69, 9.17) is 0 Å². The molecule has 0 aliphatic heterocycles. The van der Waals surface area contributed by atoms with Gasteiger partial charge >= 0.3 is 0 Å². The van der Waals surface area contributed by atoms with Crippen LogP contribution in [-0.4, -0.2) is 36.3 Å². The number of nitrogens with one attached hydrogen (secondary N) is 1. The predicted octanol–water partition coefficient (Wildman–Crippen LogP) is 3.43. The third kappa shape index (κ3) is 5.99. The fourth-order valence-corrected chi connectivity index (χ4v) is 2.97. The quantitative estimate of drug-likeness (QED) is 0.753. The van der Waals surface area contributed by atoms with Crippen molar-refractivity contribution in [3.8, 4) is 0 Å². The van der Waals surface area contributed by atoms with Crippen LogP contribution >= 0.6 is 0 Å². The van der Waals surface area contributed by atoms with Gasteiger partial charge in [0.15, 0.2) is 0 Å². The van der Waals surface area contributed by atoms with Crippen LogP contribution in [-0.2, 0) is 15.0 Å². The lowest BCUT2D eigenvalue weighted by molar-refractivity contribution is -0.131. The van der Waals surface area contributed by atoms with Gasteiger partial charge in [-0.15, -0.1) is 0 Å². The molecule has 24 heavy (non-hydrogen) atoms. The molecule has 0 aliphatic carbocycles. The third-order valence-corrected chi connectivity index (χ3v) is 4.51. The highest BCUT2D eigenvalue weighted by molar-refractivity contribution is 5.79. The Morgan fingerprint density at radius 2 is 1.71 bits per heavy atom. The first kappa shape index (κ1) is 20.2. The van der Waals surface area contributed by atoms with Crippen LogP contribution in [0.2, 0.25) is 0 Å². The predicted molar refractivity (Wildman–Crippen MR) is 99.0 cm³/mol. The lowest BCUT2D eigenvalue weighted by atomic mass is 9.82. The lowest BCUT2D eigenvalue weighted by Crippen LogP contribution is -2.37. The summed E-state index contributed by atoms with van der Waals surface area (Å²) in [5.41, 5.74) is 2.38. The van der Waals surface area contributed by atoms with Crippen molar-refractivity contribution in [2.24, 2.45) is 0 Å². The van der Waals surface area contributed by atoms with Gasteiger partial charge in [0.05, 0.1) is 0 Å². The zero-order chi connectivity index (χ0) is 18.2. The average molecular weight is 332 g/mol. The summed E-state index contributed by atoms with van der Waals surface area (Å²) in [5.74, 6) is 0.150. The molecule has 0 heterocycles. The highest BCUT2D eigenvalue weighted by Crippen LogP contribution is 2.25. The minimum absolute atomic E-state index is 0.0176. The first-order valence-corrected chi connectivity index (χ1v) is 8.92. The topological polar surface area (TPSA) is 49.4 Å². The van der Waals surface area contributed by atoms with Crippen LogP contribution in [0.1, 0.15) is 58.1 Å². The van der Waals surface area contributed by atoms with Gasteiger partial charge in [-0.1, -0.05) is 38.1 Å². The van der Waals surface area contributed by atoms with E-state index in [2.05, 4.69) is 38.2 Å². The maximum absolute atomic E-state index is 12.1. The highest BCUT2D eigenvalue weighted by atomic mass is 16.2. The zero-order valence-corrected chi connectivity index (χ0v) is 15.8. The molecule has 0 fully saturated rings. The first-order chi connectivity index (χ1) is 11.3. The number of nitrogens with zero attached hydrogens (tertiary/aromatic N) is 1. The maximum Gasteiger partial charge on any atom is 0.222 e. The van der Waals surface area contributed by atoms with Crippen LogP contribution in [0.5, 0.6) is 0 Å². The molecule has 0 atom stereocenters. The summed E-state index contributed by atoms with van der Waals surface area (Å²) < 4.78 is 0. The van der Waals surface area contributed by atoms with E-state index >= 15 is 0 Å². The maximum atomic E-state index is 12.1. The summed E-state index contributed by atoms with van der Waals surface area (Å²) in [4.78, 5) is 25.8. The second-order valence-electron chi connectivity index (χ2n) is 6.90. The van der Waals surface area contributed by atoms with Gasteiger partial charge in [-0.2, -0.15) is 0 Å². The molecule has 0 bridgehead atoms. The van der Waals surface area contributed by atoms with Gasteiger partial charge in [0, 0.05) is 37.9 Å². The minimum atomic E-state index is -0.113. The van der Waals surface area contributed by atoms with E-state index in [1.165, 1.54) is 11.1 Å². The van der Waals surface area contributed by atoms with E-state index in [0.717, 1.165) is 13.1 Å². The molecule has 1 aromatic carbocycles. The summed E-state index contributed by atoms with van der Waals surface area (Å²) in [7, 11) is 0. The number of aryl methyl sites for hydroxylation is 1. The molecule has 4 heteroatoms. The largest absolute Gasteiger partial charge is 0.355 e. The van der Waals surface area contributed by atoms with Crippen molar-refractivity contribution < 1.29 is 9.59 Å². The molecule has 0 aromatic heterocycles. The van der Waals surface area contributed by atoms with Gasteiger partial charge in [0.25, 0.3) is 0 Å². The van der Waals surface area contributed by atoms with Gasteiger partial charge in [-0.25, -0.2) is 0 Å². The van der Waals surface area contributed by atoms with Gasteiger partial charge in [-0.3, -0.25) is 9.59 Å². The van der Waals surface area contributed by atoms with Crippen LogP contribution in [0.25, 0.3) is 0 Å². The van der Waals surface area contributed by atoms with E-state index in [0.29, 0.717) is 25.8 Å². The molecule has 1 aromatic rings. The molecule has 4 nitrogen and oxygen atoms in total. The Morgan fingerprint density at radius 3 is 2.29 bits per heavy atom. The van der Waals surface area contributed by atoms with Crippen LogP contribution in [0, 0.1) is 6.92 Å². The standard InChI is InChI=1S/C20H32N2O2/c1-6-22(7-2)19(24)14-10-13-18(23)21-15-20(4,5)17-12-9-8-11-16(17)3/h8-9,11-12H,6-7,10,13-15H2,1-5H3,(H,21,23). The van der Waals surface area contributed by atoms with Crippen molar-refractivity contribution >= 4 is 11.8 Å². The van der Waals surface area contributed by atoms with Crippen molar-refractivity contribution in [2.45, 2.75) is 59.3 Å². The second kappa shape index (κ2) is 9.45. The average Bonchev–Trinajstić information content (AvgIpc) is 2.54. The molecule has 2 amide bonds. The molecule has 1 rings (SSSR count). The van der Waals surface area contributed by atoms with Crippen molar-refractivity contribution in [3.05, 3.63) is 35.4 Å². The minimum Gasteiger partial charge on any atom is -0.355 e. The van der Waals surface area contributed by atoms with E-state index in [1.807, 2.05) is 26.0 Å². The number of amides is 2. The molecule has 0 saturated carbocycles. The Bertz CT molecular complexity index is 548. The number of hydrogen-bond acceptors (Lipinski definition) is 2. The molecular formula is C20H32N2O2. The summed E-state index contributed by atoms with van der Waals surface area (Å²) in [6.45, 7) is 12.4. The molecule has 134 valence electrons. The second-order valence-corrected chi connectivity index (χ2v) is 6.90. The summed E-state index contributed by atoms with van der Waals surface area (Å²) >= 11 is 0. The van der Waals surface area contributed by atoms with E-state index in [9.17, 15) is 9.59 Å². The Labute approximate surface area is 146 Å². The Morgan fingerprint density at radius 1 is 1.08 bits per heavy atom. The van der Waals surface area contributed by atoms with E-state index in [-0.39, 0.29) is 17.2 Å². The van der Waals surface area contributed by atoms with Crippen molar-refractivity contribution in [3.63, 3.8) is 0 Å². The first-order valence-electron chi connectivity index (χ1n) is 8.92. The lowest BCUT2D eigenvalue weighted by Gasteiger charge is -2.27. The van der Waals surface area contributed by atoms with Gasteiger partial charge in [0.1, 0.15) is 0 Å². The van der Waals surface area contributed by atoms with E-state index in [1.54, 1.807) is 4.90 Å². The molecule has 0 saturated heterocycles. The fourth-order valence-electron chi connectivity index (χ4n) is 2.97. The monoisotopic (exact) mass is 332 g/mol. The number of carbonyl (C=O) groups is 2. The van der Waals surface area contributed by atoms with Crippen LogP contribution in [0.3, 0.4) is 0 Å². The zero-order valence-electron chi connectivity index (χ0n) is 15.8. The van der Waals surface area contributed by atoms with Crippen molar-refractivity contribution in [2.75, 3.05) is 19.6 Å². The number of rotatable bonds is 9. The van der Waals surface area contributed by atoms with Crippen molar-refractivity contribution in [1.29, 1.82) is 0 Å². The van der Waals surface area contributed by atoms with Gasteiger partial charge in [-0.05, 0) is 38.3 Å². The molecule has 1 N–H and O–H groups in total. The van der Waals surface area contributed by atoms with Gasteiger partial charge < -0.3 is 10.2 Å². The SMILES string of the molecule is CCN(CC)C(=O)CCCC(=O)NCC(C)(C)c1ccccc1C. The van der Waals surface area contributed by atoms with Gasteiger partial charge in [0.2, 0.25) is 11.8 Å². The van der Waals surface area contributed by atoms with Crippen LogP contribution < -0.4 is 5.32 Å². The molecule has 0 radical (unpaired) electrons. The highest BCUT2D eigenvalue weighted by Gasteiger charge is 2.22. The Kier molecular flexibility index (Phi) is 7.96. The van der Waals surface area contributed by atoms with Crippen molar-refractivity contribution in [1.82, 2.24) is 10.2 Å². The number of carbonyl (C=O) groups excluding carboxylic acids is 2. The summed E-state index contributed by atoms with van der Waals surface area (Å²) in [6, 6.07) is 8.27. The Balaban J connectivity index is 2.41.